The molecule has 0 radical (unpaired) electrons. The van der Waals surface area contributed by atoms with E-state index in [9.17, 15) is 9.18 Å². The minimum absolute atomic E-state index is 0.304. The van der Waals surface area contributed by atoms with E-state index in [0.29, 0.717) is 12.2 Å². The van der Waals surface area contributed by atoms with E-state index in [4.69, 9.17) is 0 Å². The van der Waals surface area contributed by atoms with Crippen LogP contribution >= 0.6 is 0 Å². The predicted octanol–water partition coefficient (Wildman–Crippen LogP) is 2.43. The monoisotopic (exact) mass is 326 g/mol. The van der Waals surface area contributed by atoms with Gasteiger partial charge < -0.3 is 10.6 Å². The Labute approximate surface area is 137 Å². The number of amides is 2. The third-order valence-corrected chi connectivity index (χ3v) is 3.42. The van der Waals surface area contributed by atoms with Crippen molar-refractivity contribution in [2.24, 2.45) is 0 Å². The highest BCUT2D eigenvalue weighted by molar-refractivity contribution is 5.89. The number of anilines is 1. The molecule has 0 unspecified atom stereocenters. The zero-order valence-corrected chi connectivity index (χ0v) is 12.9. The van der Waals surface area contributed by atoms with Gasteiger partial charge in [0.05, 0.1) is 5.69 Å². The third kappa shape index (κ3) is 3.72. The maximum atomic E-state index is 12.8. The van der Waals surface area contributed by atoms with Gasteiger partial charge in [0.25, 0.3) is 0 Å². The van der Waals surface area contributed by atoms with Crippen molar-refractivity contribution in [3.05, 3.63) is 65.7 Å². The van der Waals surface area contributed by atoms with Crippen LogP contribution in [-0.4, -0.2) is 26.2 Å². The molecule has 0 saturated carbocycles. The number of hydrogen-bond acceptors (Lipinski definition) is 4. The lowest BCUT2D eigenvalue weighted by molar-refractivity contribution is 0.251. The van der Waals surface area contributed by atoms with Crippen molar-refractivity contribution in [3.63, 3.8) is 0 Å². The zero-order chi connectivity index (χ0) is 16.9. The largest absolute Gasteiger partial charge is 0.334 e. The number of nitrogens with one attached hydrogen (secondary N) is 2. The molecule has 0 saturated heterocycles. The molecule has 122 valence electrons. The van der Waals surface area contributed by atoms with Gasteiger partial charge in [0, 0.05) is 12.2 Å². The number of carbonyl (C=O) groups is 1. The number of aromatic nitrogens is 4. The summed E-state index contributed by atoms with van der Waals surface area (Å²) >= 11 is 0. The van der Waals surface area contributed by atoms with E-state index in [2.05, 4.69) is 26.2 Å². The molecule has 1 heterocycles. The van der Waals surface area contributed by atoms with Crippen LogP contribution in [0.2, 0.25) is 0 Å². The quantitative estimate of drug-likeness (QED) is 0.771. The summed E-state index contributed by atoms with van der Waals surface area (Å²) in [6.07, 6.45) is 1.50. The van der Waals surface area contributed by atoms with Gasteiger partial charge in [0.15, 0.2) is 0 Å². The van der Waals surface area contributed by atoms with Crippen molar-refractivity contribution in [3.8, 4) is 5.69 Å². The summed E-state index contributed by atoms with van der Waals surface area (Å²) in [6, 6.07) is 11.0. The number of benzene rings is 2. The Morgan fingerprint density at radius 2 is 2.00 bits per heavy atom. The van der Waals surface area contributed by atoms with Crippen molar-refractivity contribution in [1.29, 1.82) is 0 Å². The first-order chi connectivity index (χ1) is 11.6. The van der Waals surface area contributed by atoms with Crippen molar-refractivity contribution in [1.82, 2.24) is 25.5 Å². The molecule has 1 aromatic heterocycles. The second-order valence-corrected chi connectivity index (χ2v) is 5.19. The Morgan fingerprint density at radius 3 is 2.67 bits per heavy atom. The summed E-state index contributed by atoms with van der Waals surface area (Å²) in [6.45, 7) is 2.21. The van der Waals surface area contributed by atoms with Gasteiger partial charge in [0.1, 0.15) is 12.1 Å². The Balaban J connectivity index is 1.60. The molecule has 3 rings (SSSR count). The molecule has 0 atom stereocenters. The van der Waals surface area contributed by atoms with Crippen LogP contribution in [0.3, 0.4) is 0 Å². The van der Waals surface area contributed by atoms with Gasteiger partial charge in [-0.05, 0) is 58.8 Å². The molecule has 0 aliphatic heterocycles. The maximum absolute atomic E-state index is 12.8. The van der Waals surface area contributed by atoms with Gasteiger partial charge in [0.2, 0.25) is 0 Å². The topological polar surface area (TPSA) is 84.7 Å². The van der Waals surface area contributed by atoms with Crippen molar-refractivity contribution >= 4 is 11.7 Å². The van der Waals surface area contributed by atoms with Gasteiger partial charge in [-0.3, -0.25) is 0 Å². The normalized spacial score (nSPS) is 10.4. The molecular formula is C16H15FN6O. The molecule has 0 aliphatic rings. The van der Waals surface area contributed by atoms with Crippen LogP contribution in [-0.2, 0) is 6.54 Å². The number of nitrogens with zero attached hydrogens (tertiary/aromatic N) is 4. The van der Waals surface area contributed by atoms with Crippen LogP contribution in [0.5, 0.6) is 0 Å². The zero-order valence-electron chi connectivity index (χ0n) is 12.9. The molecule has 3 aromatic rings. The molecule has 24 heavy (non-hydrogen) atoms. The average molecular weight is 326 g/mol. The molecular weight excluding hydrogens is 311 g/mol. The smallest absolute Gasteiger partial charge is 0.319 e. The molecule has 0 spiro atoms. The fraction of sp³-hybridized carbons (Fsp3) is 0.125. The van der Waals surface area contributed by atoms with E-state index in [-0.39, 0.29) is 11.8 Å². The van der Waals surface area contributed by atoms with Gasteiger partial charge in [-0.1, -0.05) is 12.1 Å². The lowest BCUT2D eigenvalue weighted by Crippen LogP contribution is -2.28. The second-order valence-electron chi connectivity index (χ2n) is 5.19. The van der Waals surface area contributed by atoms with Gasteiger partial charge in [-0.15, -0.1) is 5.10 Å². The highest BCUT2D eigenvalue weighted by atomic mass is 19.1. The standard InChI is InChI=1S/C16H15FN6O/c1-11-8-14(6-7-15(11)23-10-19-21-22-23)20-16(24)18-9-12-2-4-13(17)5-3-12/h2-8,10H,9H2,1H3,(H2,18,20,24). The minimum atomic E-state index is -0.339. The first kappa shape index (κ1) is 15.6. The summed E-state index contributed by atoms with van der Waals surface area (Å²) in [5.41, 5.74) is 3.22. The number of carbonyl (C=O) groups excluding carboxylic acids is 1. The van der Waals surface area contributed by atoms with Crippen LogP contribution in [0.1, 0.15) is 11.1 Å². The molecule has 2 amide bonds. The molecule has 0 fully saturated rings. The number of rotatable bonds is 4. The van der Waals surface area contributed by atoms with Gasteiger partial charge in [-0.2, -0.15) is 0 Å². The summed E-state index contributed by atoms with van der Waals surface area (Å²) in [4.78, 5) is 11.9. The summed E-state index contributed by atoms with van der Waals surface area (Å²) in [7, 11) is 0. The Kier molecular flexibility index (Phi) is 4.46. The Bertz CT molecular complexity index is 832. The predicted molar refractivity (Wildman–Crippen MR) is 86.1 cm³/mol. The minimum Gasteiger partial charge on any atom is -0.334 e. The van der Waals surface area contributed by atoms with Crippen molar-refractivity contribution < 1.29 is 9.18 Å². The Hall–Kier alpha value is -3.29. The van der Waals surface area contributed by atoms with Crippen LogP contribution in [0.4, 0.5) is 14.9 Å². The van der Waals surface area contributed by atoms with E-state index in [1.807, 2.05) is 19.1 Å². The van der Waals surface area contributed by atoms with E-state index < -0.39 is 0 Å². The highest BCUT2D eigenvalue weighted by Gasteiger charge is 2.06. The van der Waals surface area contributed by atoms with Gasteiger partial charge >= 0.3 is 6.03 Å². The number of tetrazole rings is 1. The number of urea groups is 1. The fourth-order valence-corrected chi connectivity index (χ4v) is 2.22. The Morgan fingerprint density at radius 1 is 1.21 bits per heavy atom. The SMILES string of the molecule is Cc1cc(NC(=O)NCc2ccc(F)cc2)ccc1-n1cnnn1. The summed E-state index contributed by atoms with van der Waals surface area (Å²) < 4.78 is 14.4. The summed E-state index contributed by atoms with van der Waals surface area (Å²) in [5.74, 6) is -0.304. The fourth-order valence-electron chi connectivity index (χ4n) is 2.22. The average Bonchev–Trinajstić information content (AvgIpc) is 3.09. The van der Waals surface area contributed by atoms with Crippen LogP contribution < -0.4 is 10.6 Å². The third-order valence-electron chi connectivity index (χ3n) is 3.42. The lowest BCUT2D eigenvalue weighted by atomic mass is 10.2. The first-order valence-corrected chi connectivity index (χ1v) is 7.25. The van der Waals surface area contributed by atoms with E-state index >= 15 is 0 Å². The number of hydrogen-bond donors (Lipinski definition) is 2. The van der Waals surface area contributed by atoms with E-state index in [1.54, 1.807) is 22.9 Å². The number of aryl methyl sites for hydroxylation is 1. The van der Waals surface area contributed by atoms with Crippen LogP contribution in [0, 0.1) is 12.7 Å². The first-order valence-electron chi connectivity index (χ1n) is 7.25. The maximum Gasteiger partial charge on any atom is 0.319 e. The molecule has 2 N–H and O–H groups in total. The van der Waals surface area contributed by atoms with Gasteiger partial charge in [-0.25, -0.2) is 13.9 Å². The summed E-state index contributed by atoms with van der Waals surface area (Å²) in [5, 5.41) is 16.5. The van der Waals surface area contributed by atoms with Crippen molar-refractivity contribution in [2.75, 3.05) is 5.32 Å². The van der Waals surface area contributed by atoms with Crippen LogP contribution in [0.15, 0.2) is 48.8 Å². The molecule has 8 heteroatoms. The van der Waals surface area contributed by atoms with E-state index in [0.717, 1.165) is 16.8 Å². The molecule has 7 nitrogen and oxygen atoms in total. The second kappa shape index (κ2) is 6.86. The highest BCUT2D eigenvalue weighted by Crippen LogP contribution is 2.17. The number of halogens is 1. The van der Waals surface area contributed by atoms with E-state index in [1.165, 1.54) is 18.5 Å². The molecule has 2 aromatic carbocycles. The molecule has 0 bridgehead atoms. The lowest BCUT2D eigenvalue weighted by Gasteiger charge is -2.10. The van der Waals surface area contributed by atoms with Crippen molar-refractivity contribution in [2.45, 2.75) is 13.5 Å². The molecule has 0 aliphatic carbocycles. The van der Waals surface area contributed by atoms with Crippen LogP contribution in [0.25, 0.3) is 5.69 Å².